The molecule has 0 aromatic heterocycles. The zero-order chi connectivity index (χ0) is 13.8. The lowest BCUT2D eigenvalue weighted by molar-refractivity contribution is 0.0836. The third kappa shape index (κ3) is 3.82. The fourth-order valence-corrected chi connectivity index (χ4v) is 2.10. The van der Waals surface area contributed by atoms with E-state index in [1.807, 2.05) is 0 Å². The number of hydrogen-bond acceptors (Lipinski definition) is 2. The molecule has 1 N–H and O–H groups in total. The average molecular weight is 249 g/mol. The molecule has 2 heteroatoms. The summed E-state index contributed by atoms with van der Waals surface area (Å²) in [5, 5.41) is 3.48. The van der Waals surface area contributed by atoms with Crippen molar-refractivity contribution < 1.29 is 4.74 Å². The minimum absolute atomic E-state index is 0.172. The fraction of sp³-hybridized carbons (Fsp3) is 0.625. The summed E-state index contributed by atoms with van der Waals surface area (Å²) in [5.74, 6) is 0. The molecule has 0 bridgehead atoms. The number of likely N-dealkylation sites (N-methyl/N-ethyl adjacent to an activating group) is 1. The molecular weight excluding hydrogens is 222 g/mol. The first-order valence-electron chi connectivity index (χ1n) is 6.76. The van der Waals surface area contributed by atoms with E-state index in [-0.39, 0.29) is 17.6 Å². The van der Waals surface area contributed by atoms with Crippen LogP contribution in [0, 0.1) is 0 Å². The summed E-state index contributed by atoms with van der Waals surface area (Å²) >= 11 is 0. The third-order valence-electron chi connectivity index (χ3n) is 3.40. The van der Waals surface area contributed by atoms with Gasteiger partial charge in [0.05, 0.1) is 12.1 Å². The van der Waals surface area contributed by atoms with Crippen LogP contribution in [0.3, 0.4) is 0 Å². The van der Waals surface area contributed by atoms with Gasteiger partial charge in [0.25, 0.3) is 0 Å². The van der Waals surface area contributed by atoms with Gasteiger partial charge in [-0.15, -0.1) is 0 Å². The van der Waals surface area contributed by atoms with Crippen LogP contribution >= 0.6 is 0 Å². The molecule has 2 nitrogen and oxygen atoms in total. The highest BCUT2D eigenvalue weighted by molar-refractivity contribution is 5.29. The molecule has 0 heterocycles. The van der Waals surface area contributed by atoms with Crippen molar-refractivity contribution in [2.24, 2.45) is 0 Å². The molecule has 0 saturated heterocycles. The van der Waals surface area contributed by atoms with Crippen LogP contribution in [0.25, 0.3) is 0 Å². The molecule has 0 amide bonds. The van der Waals surface area contributed by atoms with Crippen LogP contribution in [0.4, 0.5) is 0 Å². The van der Waals surface area contributed by atoms with E-state index < -0.39 is 0 Å². The van der Waals surface area contributed by atoms with Gasteiger partial charge in [0.15, 0.2) is 0 Å². The SMILES string of the molecule is CCNC(c1ccc(C(C)(C)C)cc1)C(C)OC. The molecule has 0 radical (unpaired) electrons. The van der Waals surface area contributed by atoms with Gasteiger partial charge in [0, 0.05) is 7.11 Å². The molecule has 1 rings (SSSR count). The van der Waals surface area contributed by atoms with Crippen molar-refractivity contribution in [3.05, 3.63) is 35.4 Å². The van der Waals surface area contributed by atoms with Gasteiger partial charge in [-0.05, 0) is 30.0 Å². The van der Waals surface area contributed by atoms with E-state index >= 15 is 0 Å². The Morgan fingerprint density at radius 3 is 2.11 bits per heavy atom. The molecule has 18 heavy (non-hydrogen) atoms. The predicted molar refractivity (Wildman–Crippen MR) is 78.0 cm³/mol. The van der Waals surface area contributed by atoms with Gasteiger partial charge in [-0.3, -0.25) is 0 Å². The quantitative estimate of drug-likeness (QED) is 0.859. The van der Waals surface area contributed by atoms with Gasteiger partial charge < -0.3 is 10.1 Å². The van der Waals surface area contributed by atoms with Crippen molar-refractivity contribution in [3.8, 4) is 0 Å². The standard InChI is InChI=1S/C16H27NO/c1-7-17-15(12(2)18-6)13-8-10-14(11-9-13)16(3,4)5/h8-12,15,17H,7H2,1-6H3. The van der Waals surface area contributed by atoms with Crippen LogP contribution in [0.15, 0.2) is 24.3 Å². The highest BCUT2D eigenvalue weighted by Gasteiger charge is 2.19. The van der Waals surface area contributed by atoms with E-state index in [9.17, 15) is 0 Å². The summed E-state index contributed by atoms with van der Waals surface area (Å²) in [6, 6.07) is 9.13. The molecule has 0 aliphatic rings. The zero-order valence-electron chi connectivity index (χ0n) is 12.6. The van der Waals surface area contributed by atoms with Gasteiger partial charge in [-0.2, -0.15) is 0 Å². The van der Waals surface area contributed by atoms with Gasteiger partial charge in [-0.1, -0.05) is 52.0 Å². The molecule has 1 aromatic rings. The number of rotatable bonds is 5. The lowest BCUT2D eigenvalue weighted by atomic mass is 9.86. The first kappa shape index (κ1) is 15.2. The largest absolute Gasteiger partial charge is 0.380 e. The maximum absolute atomic E-state index is 5.45. The van der Waals surface area contributed by atoms with E-state index in [0.717, 1.165) is 6.54 Å². The van der Waals surface area contributed by atoms with Gasteiger partial charge in [0.2, 0.25) is 0 Å². The van der Waals surface area contributed by atoms with E-state index in [4.69, 9.17) is 4.74 Å². The van der Waals surface area contributed by atoms with Crippen molar-refractivity contribution in [2.45, 2.75) is 52.2 Å². The number of methoxy groups -OCH3 is 1. The molecule has 2 atom stereocenters. The zero-order valence-corrected chi connectivity index (χ0v) is 12.6. The first-order chi connectivity index (χ1) is 8.40. The van der Waals surface area contributed by atoms with Crippen molar-refractivity contribution in [2.75, 3.05) is 13.7 Å². The Morgan fingerprint density at radius 1 is 1.17 bits per heavy atom. The molecule has 0 saturated carbocycles. The Labute approximate surface area is 112 Å². The molecule has 0 aliphatic heterocycles. The van der Waals surface area contributed by atoms with E-state index in [1.165, 1.54) is 11.1 Å². The monoisotopic (exact) mass is 249 g/mol. The Balaban J connectivity index is 2.93. The van der Waals surface area contributed by atoms with Crippen molar-refractivity contribution >= 4 is 0 Å². The maximum atomic E-state index is 5.45. The number of ether oxygens (including phenoxy) is 1. The van der Waals surface area contributed by atoms with Crippen molar-refractivity contribution in [1.29, 1.82) is 0 Å². The van der Waals surface area contributed by atoms with E-state index in [2.05, 4.69) is 64.2 Å². The molecule has 0 spiro atoms. The van der Waals surface area contributed by atoms with Crippen molar-refractivity contribution in [3.63, 3.8) is 0 Å². The molecule has 1 aromatic carbocycles. The maximum Gasteiger partial charge on any atom is 0.0737 e. The van der Waals surface area contributed by atoms with E-state index in [1.54, 1.807) is 7.11 Å². The Kier molecular flexibility index (Phi) is 5.36. The van der Waals surface area contributed by atoms with Crippen LogP contribution in [0.5, 0.6) is 0 Å². The molecule has 0 aliphatic carbocycles. The molecule has 2 unspecified atom stereocenters. The topological polar surface area (TPSA) is 21.3 Å². The normalized spacial score (nSPS) is 15.4. The third-order valence-corrected chi connectivity index (χ3v) is 3.40. The summed E-state index contributed by atoms with van der Waals surface area (Å²) in [5.41, 5.74) is 2.87. The van der Waals surface area contributed by atoms with Crippen molar-refractivity contribution in [1.82, 2.24) is 5.32 Å². The number of hydrogen-bond donors (Lipinski definition) is 1. The number of nitrogens with one attached hydrogen (secondary N) is 1. The fourth-order valence-electron chi connectivity index (χ4n) is 2.10. The summed E-state index contributed by atoms with van der Waals surface area (Å²) < 4.78 is 5.45. The Bertz CT molecular complexity index is 350. The summed E-state index contributed by atoms with van der Waals surface area (Å²) in [4.78, 5) is 0. The van der Waals surface area contributed by atoms with Gasteiger partial charge in [-0.25, -0.2) is 0 Å². The second-order valence-corrected chi connectivity index (χ2v) is 5.85. The smallest absolute Gasteiger partial charge is 0.0737 e. The van der Waals surface area contributed by atoms with Crippen LogP contribution in [-0.4, -0.2) is 19.8 Å². The lowest BCUT2D eigenvalue weighted by Crippen LogP contribution is -2.31. The van der Waals surface area contributed by atoms with E-state index in [0.29, 0.717) is 0 Å². The Hall–Kier alpha value is -0.860. The second kappa shape index (κ2) is 6.35. The van der Waals surface area contributed by atoms with Crippen LogP contribution in [0.1, 0.15) is 51.8 Å². The summed E-state index contributed by atoms with van der Waals surface area (Å²) in [6.07, 6.45) is 0.172. The summed E-state index contributed by atoms with van der Waals surface area (Å²) in [6.45, 7) is 11.9. The average Bonchev–Trinajstić information content (AvgIpc) is 2.34. The minimum atomic E-state index is 0.172. The highest BCUT2D eigenvalue weighted by Crippen LogP contribution is 2.25. The first-order valence-corrected chi connectivity index (χ1v) is 6.76. The molecule has 0 fully saturated rings. The molecular formula is C16H27NO. The lowest BCUT2D eigenvalue weighted by Gasteiger charge is -2.25. The number of benzene rings is 1. The Morgan fingerprint density at radius 2 is 1.72 bits per heavy atom. The minimum Gasteiger partial charge on any atom is -0.380 e. The highest BCUT2D eigenvalue weighted by atomic mass is 16.5. The van der Waals surface area contributed by atoms with Gasteiger partial charge >= 0.3 is 0 Å². The van der Waals surface area contributed by atoms with Crippen LogP contribution < -0.4 is 5.32 Å². The summed E-state index contributed by atoms with van der Waals surface area (Å²) in [7, 11) is 1.76. The van der Waals surface area contributed by atoms with Gasteiger partial charge in [0.1, 0.15) is 0 Å². The second-order valence-electron chi connectivity index (χ2n) is 5.85. The van der Waals surface area contributed by atoms with Crippen LogP contribution in [-0.2, 0) is 10.2 Å². The predicted octanol–water partition coefficient (Wildman–Crippen LogP) is 3.67. The molecule has 102 valence electrons. The van der Waals surface area contributed by atoms with Crippen LogP contribution in [0.2, 0.25) is 0 Å².